The van der Waals surface area contributed by atoms with Gasteiger partial charge >= 0.3 is 6.18 Å². The number of amides is 2. The molecule has 248 valence electrons. The van der Waals surface area contributed by atoms with Crippen LogP contribution in [0.2, 0.25) is 5.02 Å². The van der Waals surface area contributed by atoms with Crippen LogP contribution >= 0.6 is 11.6 Å². The Morgan fingerprint density at radius 2 is 1.49 bits per heavy atom. The third-order valence-electron chi connectivity index (χ3n) is 7.45. The molecule has 0 aliphatic carbocycles. The normalized spacial score (nSPS) is 12.3. The van der Waals surface area contributed by atoms with Crippen LogP contribution in [-0.4, -0.2) is 44.3 Å². The molecule has 4 aromatic carbocycles. The summed E-state index contributed by atoms with van der Waals surface area (Å²) in [6, 6.07) is 24.5. The molecule has 12 heteroatoms. The number of carbonyl (C=O) groups is 2. The number of sulfonamides is 1. The van der Waals surface area contributed by atoms with Crippen LogP contribution in [0, 0.1) is 6.92 Å². The topological polar surface area (TPSA) is 86.8 Å². The summed E-state index contributed by atoms with van der Waals surface area (Å²) < 4.78 is 70.2. The molecule has 0 fully saturated rings. The molecule has 0 unspecified atom stereocenters. The first-order valence-electron chi connectivity index (χ1n) is 14.9. The van der Waals surface area contributed by atoms with Gasteiger partial charge in [0.2, 0.25) is 11.8 Å². The van der Waals surface area contributed by atoms with Crippen molar-refractivity contribution in [1.29, 1.82) is 0 Å². The molecule has 7 nitrogen and oxygen atoms in total. The summed E-state index contributed by atoms with van der Waals surface area (Å²) in [6.45, 7) is 3.11. The molecule has 0 aliphatic heterocycles. The van der Waals surface area contributed by atoms with E-state index in [-0.39, 0.29) is 22.9 Å². The molecule has 0 saturated heterocycles. The number of benzene rings is 4. The minimum absolute atomic E-state index is 0.0777. The Bertz CT molecular complexity index is 1770. The van der Waals surface area contributed by atoms with Gasteiger partial charge in [0.1, 0.15) is 12.6 Å². The Balaban J connectivity index is 1.86. The van der Waals surface area contributed by atoms with Crippen LogP contribution in [0.25, 0.3) is 0 Å². The number of carbonyl (C=O) groups excluding carboxylic acids is 2. The highest BCUT2D eigenvalue weighted by Crippen LogP contribution is 2.37. The summed E-state index contributed by atoms with van der Waals surface area (Å²) in [4.78, 5) is 29.2. The van der Waals surface area contributed by atoms with Crippen LogP contribution < -0.4 is 9.62 Å². The second kappa shape index (κ2) is 15.5. The fourth-order valence-corrected chi connectivity index (χ4v) is 6.64. The number of alkyl halides is 3. The van der Waals surface area contributed by atoms with Crippen LogP contribution in [0.4, 0.5) is 18.9 Å². The van der Waals surface area contributed by atoms with E-state index in [4.69, 9.17) is 11.6 Å². The van der Waals surface area contributed by atoms with Crippen LogP contribution in [0.5, 0.6) is 0 Å². The minimum atomic E-state index is -4.82. The maximum atomic E-state index is 14.5. The molecule has 2 amide bonds. The van der Waals surface area contributed by atoms with Crippen LogP contribution in [0.15, 0.2) is 108 Å². The molecule has 1 N–H and O–H groups in total. The predicted molar refractivity (Wildman–Crippen MR) is 176 cm³/mol. The highest BCUT2D eigenvalue weighted by atomic mass is 35.5. The number of halogens is 4. The van der Waals surface area contributed by atoms with Gasteiger partial charge in [0, 0.05) is 19.5 Å². The largest absolute Gasteiger partial charge is 0.416 e. The number of anilines is 1. The molecular formula is C35H35ClF3N3O4S. The zero-order valence-electron chi connectivity index (χ0n) is 25.9. The highest BCUT2D eigenvalue weighted by molar-refractivity contribution is 7.92. The maximum Gasteiger partial charge on any atom is 0.416 e. The van der Waals surface area contributed by atoms with Crippen molar-refractivity contribution in [2.45, 2.75) is 50.3 Å². The average Bonchev–Trinajstić information content (AvgIpc) is 3.05. The lowest BCUT2D eigenvalue weighted by molar-refractivity contribution is -0.140. The van der Waals surface area contributed by atoms with Crippen molar-refractivity contribution in [2.75, 3.05) is 17.4 Å². The quantitative estimate of drug-likeness (QED) is 0.164. The van der Waals surface area contributed by atoms with Crippen LogP contribution in [0.1, 0.15) is 35.6 Å². The molecule has 0 bridgehead atoms. The SMILES string of the molecule is CCCNC(=O)[C@@H](Cc1ccccc1)N(Cc1ccc(C)cc1)C(=O)CN(c1cc(C(F)(F)F)ccc1Cl)S(=O)(=O)c1ccccc1. The molecule has 1 atom stereocenters. The number of aryl methyl sites for hydroxylation is 1. The molecule has 0 aliphatic rings. The van der Waals surface area contributed by atoms with E-state index in [1.807, 2.05) is 44.2 Å². The summed E-state index contributed by atoms with van der Waals surface area (Å²) in [5.41, 5.74) is 0.715. The molecule has 0 aromatic heterocycles. The van der Waals surface area contributed by atoms with Crippen molar-refractivity contribution in [3.05, 3.63) is 130 Å². The molecule has 0 radical (unpaired) electrons. The second-order valence-electron chi connectivity index (χ2n) is 11.0. The lowest BCUT2D eigenvalue weighted by atomic mass is 10.0. The van der Waals surface area contributed by atoms with Gasteiger partial charge in [-0.05, 0) is 54.8 Å². The zero-order chi connectivity index (χ0) is 34.2. The molecule has 0 saturated carbocycles. The Kier molecular flexibility index (Phi) is 11.7. The number of hydrogen-bond acceptors (Lipinski definition) is 4. The fourth-order valence-electron chi connectivity index (χ4n) is 4.92. The van der Waals surface area contributed by atoms with Crippen molar-refractivity contribution >= 4 is 39.1 Å². The van der Waals surface area contributed by atoms with Gasteiger partial charge in [0.15, 0.2) is 0 Å². The van der Waals surface area contributed by atoms with E-state index in [0.717, 1.165) is 23.3 Å². The summed E-state index contributed by atoms with van der Waals surface area (Å²) >= 11 is 6.36. The number of hydrogen-bond donors (Lipinski definition) is 1. The fraction of sp³-hybridized carbons (Fsp3) is 0.257. The van der Waals surface area contributed by atoms with Crippen molar-refractivity contribution in [3.63, 3.8) is 0 Å². The highest BCUT2D eigenvalue weighted by Gasteiger charge is 2.37. The number of nitrogens with one attached hydrogen (secondary N) is 1. The Labute approximate surface area is 278 Å². The summed E-state index contributed by atoms with van der Waals surface area (Å²) in [6.07, 6.45) is -4.09. The monoisotopic (exact) mass is 685 g/mol. The first-order valence-corrected chi connectivity index (χ1v) is 16.7. The van der Waals surface area contributed by atoms with E-state index in [2.05, 4.69) is 5.32 Å². The predicted octanol–water partition coefficient (Wildman–Crippen LogP) is 7.03. The van der Waals surface area contributed by atoms with E-state index >= 15 is 0 Å². The van der Waals surface area contributed by atoms with E-state index in [1.54, 1.807) is 30.3 Å². The molecular weight excluding hydrogens is 651 g/mol. The van der Waals surface area contributed by atoms with Crippen LogP contribution in [-0.2, 0) is 38.8 Å². The minimum Gasteiger partial charge on any atom is -0.354 e. The lowest BCUT2D eigenvalue weighted by Gasteiger charge is -2.34. The van der Waals surface area contributed by atoms with Gasteiger partial charge in [-0.1, -0.05) is 96.9 Å². The molecule has 0 heterocycles. The Hall–Kier alpha value is -4.35. The molecule has 47 heavy (non-hydrogen) atoms. The van der Waals surface area contributed by atoms with E-state index < -0.39 is 51.9 Å². The Morgan fingerprint density at radius 3 is 2.09 bits per heavy atom. The maximum absolute atomic E-state index is 14.5. The third-order valence-corrected chi connectivity index (χ3v) is 9.54. The van der Waals surface area contributed by atoms with Gasteiger partial charge in [-0.2, -0.15) is 13.2 Å². The first-order chi connectivity index (χ1) is 22.3. The van der Waals surface area contributed by atoms with Gasteiger partial charge in [0.05, 0.1) is 21.2 Å². The van der Waals surface area contributed by atoms with Crippen molar-refractivity contribution in [3.8, 4) is 0 Å². The van der Waals surface area contributed by atoms with Gasteiger partial charge in [-0.15, -0.1) is 0 Å². The first kappa shape index (κ1) is 35.5. The Morgan fingerprint density at radius 1 is 0.872 bits per heavy atom. The summed E-state index contributed by atoms with van der Waals surface area (Å²) in [5.74, 6) is -1.27. The summed E-state index contributed by atoms with van der Waals surface area (Å²) in [7, 11) is -4.63. The van der Waals surface area contributed by atoms with Crippen molar-refractivity contribution in [1.82, 2.24) is 10.2 Å². The second-order valence-corrected chi connectivity index (χ2v) is 13.3. The van der Waals surface area contributed by atoms with Crippen LogP contribution in [0.3, 0.4) is 0 Å². The standard InChI is InChI=1S/C35H35ClF3N3O4S/c1-3-20-40-34(44)32(21-26-10-6-4-7-11-26)41(23-27-16-14-25(2)15-17-27)33(43)24-42(47(45,46)29-12-8-5-9-13-29)31-22-28(35(37,38)39)18-19-30(31)36/h4-19,22,32H,3,20-21,23-24H2,1-2H3,(H,40,44)/t32-/m1/s1. The van der Waals surface area contributed by atoms with Crippen molar-refractivity contribution < 1.29 is 31.2 Å². The van der Waals surface area contributed by atoms with Gasteiger partial charge in [-0.3, -0.25) is 13.9 Å². The van der Waals surface area contributed by atoms with Gasteiger partial charge in [0.25, 0.3) is 10.0 Å². The molecule has 4 rings (SSSR count). The van der Waals surface area contributed by atoms with Crippen molar-refractivity contribution in [2.24, 2.45) is 0 Å². The van der Waals surface area contributed by atoms with E-state index in [0.29, 0.717) is 28.9 Å². The smallest absolute Gasteiger partial charge is 0.354 e. The third kappa shape index (κ3) is 9.14. The molecule has 0 spiro atoms. The lowest BCUT2D eigenvalue weighted by Crippen LogP contribution is -2.53. The number of nitrogens with zero attached hydrogens (tertiary/aromatic N) is 2. The van der Waals surface area contributed by atoms with Gasteiger partial charge < -0.3 is 10.2 Å². The van der Waals surface area contributed by atoms with E-state index in [1.165, 1.54) is 29.2 Å². The van der Waals surface area contributed by atoms with Gasteiger partial charge in [-0.25, -0.2) is 8.42 Å². The van der Waals surface area contributed by atoms with E-state index in [9.17, 15) is 31.2 Å². The number of rotatable bonds is 13. The average molecular weight is 686 g/mol. The zero-order valence-corrected chi connectivity index (χ0v) is 27.4. The molecule has 4 aromatic rings. The summed E-state index contributed by atoms with van der Waals surface area (Å²) in [5, 5.41) is 2.54.